The van der Waals surface area contributed by atoms with Gasteiger partial charge in [0.2, 0.25) is 11.8 Å². The fourth-order valence-electron chi connectivity index (χ4n) is 4.43. The zero-order valence-corrected chi connectivity index (χ0v) is 22.2. The monoisotopic (exact) mass is 515 g/mol. The van der Waals surface area contributed by atoms with E-state index in [1.807, 2.05) is 20.8 Å². The Labute approximate surface area is 216 Å². The predicted octanol–water partition coefficient (Wildman–Crippen LogP) is 2.37. The first kappa shape index (κ1) is 27.8. The number of hydrogen-bond donors (Lipinski definition) is 2. The van der Waals surface area contributed by atoms with Gasteiger partial charge in [-0.2, -0.15) is 0 Å². The number of rotatable bonds is 11. The molecular weight excluding hydrogens is 478 g/mol. The molecule has 1 atom stereocenters. The molecule has 11 nitrogen and oxygen atoms in total. The van der Waals surface area contributed by atoms with Gasteiger partial charge in [-0.1, -0.05) is 27.2 Å². The number of nitrogens with one attached hydrogen (secondary N) is 1. The minimum atomic E-state index is -0.717. The molecule has 3 N–H and O–H groups in total. The Morgan fingerprint density at radius 1 is 1.22 bits per heavy atom. The Morgan fingerprint density at radius 3 is 2.57 bits per heavy atom. The Kier molecular flexibility index (Phi) is 9.01. The third-order valence-corrected chi connectivity index (χ3v) is 6.57. The average Bonchev–Trinajstić information content (AvgIpc) is 3.25. The van der Waals surface area contributed by atoms with Crippen LogP contribution in [-0.2, 0) is 16.1 Å². The highest BCUT2D eigenvalue weighted by Crippen LogP contribution is 2.36. The van der Waals surface area contributed by atoms with Crippen molar-refractivity contribution in [2.45, 2.75) is 53.0 Å². The van der Waals surface area contributed by atoms with Gasteiger partial charge in [0.1, 0.15) is 17.3 Å². The van der Waals surface area contributed by atoms with Crippen molar-refractivity contribution in [3.8, 4) is 11.5 Å². The number of ether oxygens (including phenoxy) is 2. The molecule has 2 heterocycles. The molecule has 0 aliphatic carbocycles. The van der Waals surface area contributed by atoms with E-state index >= 15 is 0 Å². The summed E-state index contributed by atoms with van der Waals surface area (Å²) in [7, 11) is 3.03. The van der Waals surface area contributed by atoms with Crippen molar-refractivity contribution in [3.05, 3.63) is 39.0 Å². The van der Waals surface area contributed by atoms with Crippen LogP contribution in [-0.4, -0.2) is 48.7 Å². The third-order valence-electron chi connectivity index (χ3n) is 6.57. The van der Waals surface area contributed by atoms with E-state index < -0.39 is 17.2 Å². The summed E-state index contributed by atoms with van der Waals surface area (Å²) in [4.78, 5) is 57.4. The van der Waals surface area contributed by atoms with E-state index in [9.17, 15) is 19.2 Å². The molecule has 11 heteroatoms. The van der Waals surface area contributed by atoms with Crippen LogP contribution in [0.4, 0.5) is 17.2 Å². The lowest BCUT2D eigenvalue weighted by molar-refractivity contribution is -0.124. The van der Waals surface area contributed by atoms with Gasteiger partial charge in [0, 0.05) is 32.1 Å². The molecule has 37 heavy (non-hydrogen) atoms. The first-order chi connectivity index (χ1) is 17.6. The molecule has 1 aromatic heterocycles. The molecule has 0 unspecified atom stereocenters. The molecular formula is C26H37N5O6. The normalized spacial score (nSPS) is 15.4. The average molecular weight is 516 g/mol. The number of nitrogens with zero attached hydrogens (tertiary/aromatic N) is 3. The van der Waals surface area contributed by atoms with Crippen LogP contribution < -0.4 is 36.3 Å². The van der Waals surface area contributed by atoms with Gasteiger partial charge >= 0.3 is 5.69 Å². The molecule has 2 amide bonds. The van der Waals surface area contributed by atoms with Crippen molar-refractivity contribution in [1.29, 1.82) is 0 Å². The summed E-state index contributed by atoms with van der Waals surface area (Å²) in [5.74, 6) is -0.110. The number of nitrogens with two attached hydrogens (primary N) is 1. The molecule has 202 valence electrons. The minimum absolute atomic E-state index is 0.0283. The first-order valence-electron chi connectivity index (χ1n) is 12.6. The van der Waals surface area contributed by atoms with Gasteiger partial charge in [-0.15, -0.1) is 0 Å². The van der Waals surface area contributed by atoms with Crippen molar-refractivity contribution in [1.82, 2.24) is 9.55 Å². The van der Waals surface area contributed by atoms with Gasteiger partial charge in [0.05, 0.1) is 25.8 Å². The van der Waals surface area contributed by atoms with E-state index in [0.717, 1.165) is 6.42 Å². The van der Waals surface area contributed by atoms with Gasteiger partial charge < -0.3 is 25.0 Å². The van der Waals surface area contributed by atoms with Crippen LogP contribution in [0, 0.1) is 11.8 Å². The number of nitrogen functional groups attached to an aromatic ring is 1. The van der Waals surface area contributed by atoms with E-state index in [-0.39, 0.29) is 48.7 Å². The zero-order valence-electron chi connectivity index (χ0n) is 22.2. The van der Waals surface area contributed by atoms with Crippen LogP contribution in [0.5, 0.6) is 11.5 Å². The number of anilines is 3. The van der Waals surface area contributed by atoms with E-state index in [0.29, 0.717) is 36.6 Å². The summed E-state index contributed by atoms with van der Waals surface area (Å²) in [6.45, 7) is 6.67. The molecule has 0 radical (unpaired) electrons. The van der Waals surface area contributed by atoms with E-state index in [1.165, 1.54) is 28.6 Å². The maximum atomic E-state index is 13.9. The molecule has 0 bridgehead atoms. The number of amides is 2. The number of benzene rings is 1. The van der Waals surface area contributed by atoms with Crippen LogP contribution in [0.2, 0.25) is 0 Å². The number of aromatic nitrogens is 2. The molecule has 3 rings (SSSR count). The molecule has 1 fully saturated rings. The molecule has 0 spiro atoms. The number of methoxy groups -OCH3 is 2. The van der Waals surface area contributed by atoms with Gasteiger partial charge in [-0.25, -0.2) is 4.79 Å². The quantitative estimate of drug-likeness (QED) is 0.468. The number of hydrogen-bond acceptors (Lipinski definition) is 7. The van der Waals surface area contributed by atoms with Crippen molar-refractivity contribution in [2.24, 2.45) is 11.8 Å². The molecule has 2 aromatic rings. The van der Waals surface area contributed by atoms with Gasteiger partial charge in [-0.05, 0) is 30.9 Å². The Bertz CT molecular complexity index is 1250. The van der Waals surface area contributed by atoms with Crippen LogP contribution >= 0.6 is 0 Å². The summed E-state index contributed by atoms with van der Waals surface area (Å²) in [5.41, 5.74) is 5.48. The highest BCUT2D eigenvalue weighted by Gasteiger charge is 2.39. The minimum Gasteiger partial charge on any atom is -0.497 e. The van der Waals surface area contributed by atoms with Crippen molar-refractivity contribution in [3.63, 3.8) is 0 Å². The Balaban J connectivity index is 1.98. The SMILES string of the molecule is CCCCn1c(N)c(N(CCC(C)C)C(=O)[C@@H]2CC(=O)N(c3ccc(OC)cc3OC)C2)c(=O)[nH]c1=O. The second-order valence-corrected chi connectivity index (χ2v) is 9.61. The standard InChI is InChI=1S/C26H37N5O6/c1-6-7-11-30-23(27)22(24(33)28-26(30)35)29(12-10-16(2)3)25(34)17-13-21(32)31(15-17)19-9-8-18(36-4)14-20(19)37-5/h8-9,14,16-17H,6-7,10-13,15,27H2,1-5H3,(H,28,33,35)/t17-/m1/s1. The first-order valence-corrected chi connectivity index (χ1v) is 12.6. The molecule has 1 saturated heterocycles. The number of H-pyrrole nitrogens is 1. The Hall–Kier alpha value is -3.76. The van der Waals surface area contributed by atoms with Crippen molar-refractivity contribution < 1.29 is 19.1 Å². The highest BCUT2D eigenvalue weighted by molar-refractivity contribution is 6.05. The third kappa shape index (κ3) is 5.98. The largest absolute Gasteiger partial charge is 0.497 e. The smallest absolute Gasteiger partial charge is 0.330 e. The maximum Gasteiger partial charge on any atom is 0.330 e. The van der Waals surface area contributed by atoms with Gasteiger partial charge in [0.25, 0.3) is 5.56 Å². The van der Waals surface area contributed by atoms with E-state index in [1.54, 1.807) is 18.2 Å². The summed E-state index contributed by atoms with van der Waals surface area (Å²) in [6.07, 6.45) is 2.09. The fourth-order valence-corrected chi connectivity index (χ4v) is 4.43. The second kappa shape index (κ2) is 12.0. The van der Waals surface area contributed by atoms with Crippen molar-refractivity contribution in [2.75, 3.05) is 42.8 Å². The zero-order chi connectivity index (χ0) is 27.3. The Morgan fingerprint density at radius 2 is 1.95 bits per heavy atom. The summed E-state index contributed by atoms with van der Waals surface area (Å²) in [6, 6.07) is 5.10. The maximum absolute atomic E-state index is 13.9. The summed E-state index contributed by atoms with van der Waals surface area (Å²) >= 11 is 0. The fraction of sp³-hybridized carbons (Fsp3) is 0.538. The van der Waals surface area contributed by atoms with E-state index in [2.05, 4.69) is 4.98 Å². The predicted molar refractivity (Wildman–Crippen MR) is 142 cm³/mol. The summed E-state index contributed by atoms with van der Waals surface area (Å²) < 4.78 is 12.0. The van der Waals surface area contributed by atoms with Crippen molar-refractivity contribution >= 4 is 29.0 Å². The van der Waals surface area contributed by atoms with Crippen LogP contribution in [0.3, 0.4) is 0 Å². The summed E-state index contributed by atoms with van der Waals surface area (Å²) in [5, 5.41) is 0. The topological polar surface area (TPSA) is 140 Å². The second-order valence-electron chi connectivity index (χ2n) is 9.61. The lowest BCUT2D eigenvalue weighted by Crippen LogP contribution is -2.44. The molecule has 1 aliphatic heterocycles. The highest BCUT2D eigenvalue weighted by atomic mass is 16.5. The molecule has 1 aromatic carbocycles. The van der Waals surface area contributed by atoms with Gasteiger partial charge in [0.15, 0.2) is 5.69 Å². The number of carbonyl (C=O) groups is 2. The lowest BCUT2D eigenvalue weighted by atomic mass is 10.0. The van der Waals surface area contributed by atoms with Crippen LogP contribution in [0.25, 0.3) is 0 Å². The number of unbranched alkanes of at least 4 members (excludes halogenated alkanes) is 1. The van der Waals surface area contributed by atoms with Gasteiger partial charge in [-0.3, -0.25) is 23.9 Å². The number of aromatic amines is 1. The van der Waals surface area contributed by atoms with E-state index in [4.69, 9.17) is 15.2 Å². The van der Waals surface area contributed by atoms with Crippen LogP contribution in [0.15, 0.2) is 27.8 Å². The van der Waals surface area contributed by atoms with Crippen LogP contribution in [0.1, 0.15) is 46.5 Å². The number of carbonyl (C=O) groups excluding carboxylic acids is 2. The molecule has 1 aliphatic rings. The molecule has 0 saturated carbocycles. The lowest BCUT2D eigenvalue weighted by Gasteiger charge is -2.27.